The quantitative estimate of drug-likeness (QED) is 0.585. The van der Waals surface area contributed by atoms with E-state index in [0.29, 0.717) is 25.2 Å². The van der Waals surface area contributed by atoms with E-state index in [9.17, 15) is 13.2 Å². The summed E-state index contributed by atoms with van der Waals surface area (Å²) in [5.41, 5.74) is 0.684. The van der Waals surface area contributed by atoms with Crippen LogP contribution in [0.25, 0.3) is 0 Å². The Bertz CT molecular complexity index is 525. The second-order valence-corrected chi connectivity index (χ2v) is 7.91. The molecule has 1 aromatic rings. The number of nitrogens with zero attached hydrogens (tertiary/aromatic N) is 1. The molecular weight excluding hydrogens is 365 g/mol. The van der Waals surface area contributed by atoms with Gasteiger partial charge in [-0.15, -0.1) is 0 Å². The van der Waals surface area contributed by atoms with Crippen LogP contribution in [-0.4, -0.2) is 50.2 Å². The first-order valence-corrected chi connectivity index (χ1v) is 8.58. The maximum atomic E-state index is 12.0. The van der Waals surface area contributed by atoms with Crippen molar-refractivity contribution in [3.05, 3.63) is 33.4 Å². The molecule has 6 heteroatoms. The van der Waals surface area contributed by atoms with Gasteiger partial charge in [0.25, 0.3) is 0 Å². The van der Waals surface area contributed by atoms with Crippen LogP contribution in [0.2, 0.25) is 0 Å². The summed E-state index contributed by atoms with van der Waals surface area (Å²) in [6.07, 6.45) is 0. The average molecular weight is 379 g/mol. The summed E-state index contributed by atoms with van der Waals surface area (Å²) in [5, 5.41) is 0. The molecule has 18 heavy (non-hydrogen) atoms. The monoisotopic (exact) mass is 379 g/mol. The lowest BCUT2D eigenvalue weighted by Gasteiger charge is -2.25. The lowest BCUT2D eigenvalue weighted by Crippen LogP contribution is -2.42. The topological polar surface area (TPSA) is 54.5 Å². The molecule has 0 radical (unpaired) electrons. The van der Waals surface area contributed by atoms with Crippen LogP contribution in [0.15, 0.2) is 24.3 Å². The molecule has 98 valence electrons. The van der Waals surface area contributed by atoms with Gasteiger partial charge < -0.3 is 0 Å². The Balaban J connectivity index is 1.94. The largest absolute Gasteiger partial charge is 0.294 e. The number of rotatable bonds is 3. The van der Waals surface area contributed by atoms with Gasteiger partial charge in [0.1, 0.15) is 0 Å². The van der Waals surface area contributed by atoms with E-state index in [0.717, 1.165) is 3.57 Å². The van der Waals surface area contributed by atoms with Gasteiger partial charge in [0.05, 0.1) is 18.1 Å². The fourth-order valence-electron chi connectivity index (χ4n) is 1.84. The molecule has 0 atom stereocenters. The summed E-state index contributed by atoms with van der Waals surface area (Å²) >= 11 is 2.19. The molecule has 4 nitrogen and oxygen atoms in total. The number of carbonyl (C=O) groups excluding carboxylic acids is 1. The first-order valence-electron chi connectivity index (χ1n) is 5.68. The van der Waals surface area contributed by atoms with E-state index < -0.39 is 9.84 Å². The molecule has 0 spiro atoms. The molecule has 0 aromatic heterocycles. The molecule has 0 N–H and O–H groups in total. The molecule has 1 saturated heterocycles. The summed E-state index contributed by atoms with van der Waals surface area (Å²) < 4.78 is 23.6. The molecule has 0 unspecified atom stereocenters. The molecule has 1 aromatic carbocycles. The van der Waals surface area contributed by atoms with Crippen LogP contribution in [0.4, 0.5) is 0 Å². The fourth-order valence-corrected chi connectivity index (χ4v) is 3.47. The highest BCUT2D eigenvalue weighted by atomic mass is 127. The minimum Gasteiger partial charge on any atom is -0.294 e. The van der Waals surface area contributed by atoms with Gasteiger partial charge in [-0.2, -0.15) is 0 Å². The Morgan fingerprint density at radius 2 is 1.72 bits per heavy atom. The summed E-state index contributed by atoms with van der Waals surface area (Å²) in [6.45, 7) is 1.22. The van der Waals surface area contributed by atoms with E-state index in [2.05, 4.69) is 22.6 Å². The van der Waals surface area contributed by atoms with Gasteiger partial charge in [0.15, 0.2) is 15.6 Å². The van der Waals surface area contributed by atoms with Crippen molar-refractivity contribution in [2.75, 3.05) is 31.1 Å². The highest BCUT2D eigenvalue weighted by Gasteiger charge is 2.23. The zero-order valence-corrected chi connectivity index (χ0v) is 12.8. The molecule has 0 bridgehead atoms. The SMILES string of the molecule is O=C(CN1CCS(=O)(=O)CC1)c1ccc(I)cc1. The number of Topliss-reactive ketones (excluding diaryl/α,β-unsaturated/α-hetero) is 1. The van der Waals surface area contributed by atoms with Crippen LogP contribution < -0.4 is 0 Å². The van der Waals surface area contributed by atoms with Gasteiger partial charge in [-0.25, -0.2) is 8.42 Å². The Morgan fingerprint density at radius 1 is 1.17 bits per heavy atom. The zero-order valence-electron chi connectivity index (χ0n) is 9.80. The molecule has 0 amide bonds. The number of sulfone groups is 1. The highest BCUT2D eigenvalue weighted by molar-refractivity contribution is 14.1. The van der Waals surface area contributed by atoms with Crippen molar-refractivity contribution in [2.45, 2.75) is 0 Å². The smallest absolute Gasteiger partial charge is 0.176 e. The van der Waals surface area contributed by atoms with Crippen LogP contribution in [0.5, 0.6) is 0 Å². The Morgan fingerprint density at radius 3 is 2.28 bits per heavy atom. The zero-order chi connectivity index (χ0) is 13.2. The van der Waals surface area contributed by atoms with Gasteiger partial charge in [-0.3, -0.25) is 9.69 Å². The molecular formula is C12H14INO3S. The number of ketones is 1. The van der Waals surface area contributed by atoms with Gasteiger partial charge in [0.2, 0.25) is 0 Å². The van der Waals surface area contributed by atoms with Crippen molar-refractivity contribution in [2.24, 2.45) is 0 Å². The standard InChI is InChI=1S/C12H14INO3S/c13-11-3-1-10(2-4-11)12(15)9-14-5-7-18(16,17)8-6-14/h1-4H,5-9H2. The predicted octanol–water partition coefficient (Wildman–Crippen LogP) is 1.20. The molecule has 1 aliphatic heterocycles. The van der Waals surface area contributed by atoms with Crippen LogP contribution in [0.3, 0.4) is 0 Å². The van der Waals surface area contributed by atoms with Crippen LogP contribution in [0.1, 0.15) is 10.4 Å². The number of halogens is 1. The summed E-state index contributed by atoms with van der Waals surface area (Å²) in [5.74, 6) is 0.366. The van der Waals surface area contributed by atoms with E-state index in [1.54, 1.807) is 0 Å². The first-order chi connectivity index (χ1) is 8.46. The minimum absolute atomic E-state index is 0.0469. The number of carbonyl (C=O) groups is 1. The van der Waals surface area contributed by atoms with Crippen LogP contribution in [0, 0.1) is 3.57 Å². The average Bonchev–Trinajstić information content (AvgIpc) is 2.33. The summed E-state index contributed by atoms with van der Waals surface area (Å²) in [7, 11) is -2.88. The van der Waals surface area contributed by atoms with Gasteiger partial charge in [-0.05, 0) is 34.7 Å². The fraction of sp³-hybridized carbons (Fsp3) is 0.417. The van der Waals surface area contributed by atoms with Gasteiger partial charge >= 0.3 is 0 Å². The Kier molecular flexibility index (Phi) is 4.39. The van der Waals surface area contributed by atoms with E-state index in [1.807, 2.05) is 29.2 Å². The number of benzene rings is 1. The molecule has 1 fully saturated rings. The van der Waals surface area contributed by atoms with E-state index in [1.165, 1.54) is 0 Å². The van der Waals surface area contributed by atoms with Crippen molar-refractivity contribution >= 4 is 38.2 Å². The summed E-state index contributed by atoms with van der Waals surface area (Å²) in [6, 6.07) is 7.42. The third kappa shape index (κ3) is 3.76. The summed E-state index contributed by atoms with van der Waals surface area (Å²) in [4.78, 5) is 13.9. The van der Waals surface area contributed by atoms with Crippen molar-refractivity contribution < 1.29 is 13.2 Å². The van der Waals surface area contributed by atoms with E-state index in [-0.39, 0.29) is 17.3 Å². The van der Waals surface area contributed by atoms with Crippen LogP contribution in [-0.2, 0) is 9.84 Å². The third-order valence-electron chi connectivity index (χ3n) is 2.97. The van der Waals surface area contributed by atoms with E-state index in [4.69, 9.17) is 0 Å². The van der Waals surface area contributed by atoms with Crippen molar-refractivity contribution in [3.63, 3.8) is 0 Å². The van der Waals surface area contributed by atoms with Crippen molar-refractivity contribution in [1.82, 2.24) is 4.90 Å². The third-order valence-corrected chi connectivity index (χ3v) is 5.30. The number of hydrogen-bond acceptors (Lipinski definition) is 4. The van der Waals surface area contributed by atoms with Crippen molar-refractivity contribution in [1.29, 1.82) is 0 Å². The lowest BCUT2D eigenvalue weighted by atomic mass is 10.1. The van der Waals surface area contributed by atoms with Crippen LogP contribution >= 0.6 is 22.6 Å². The minimum atomic E-state index is -2.88. The highest BCUT2D eigenvalue weighted by Crippen LogP contribution is 2.09. The second kappa shape index (κ2) is 5.66. The Hall–Kier alpha value is -0.470. The number of hydrogen-bond donors (Lipinski definition) is 0. The molecule has 1 aliphatic rings. The second-order valence-electron chi connectivity index (χ2n) is 4.36. The predicted molar refractivity (Wildman–Crippen MR) is 78.6 cm³/mol. The normalized spacial score (nSPS) is 19.6. The van der Waals surface area contributed by atoms with Gasteiger partial charge in [0, 0.05) is 22.2 Å². The molecule has 0 aliphatic carbocycles. The maximum absolute atomic E-state index is 12.0. The lowest BCUT2D eigenvalue weighted by molar-refractivity contribution is 0.0936. The van der Waals surface area contributed by atoms with Gasteiger partial charge in [-0.1, -0.05) is 12.1 Å². The van der Waals surface area contributed by atoms with E-state index >= 15 is 0 Å². The molecule has 2 rings (SSSR count). The molecule has 1 heterocycles. The maximum Gasteiger partial charge on any atom is 0.176 e. The van der Waals surface area contributed by atoms with Crippen molar-refractivity contribution in [3.8, 4) is 0 Å². The first kappa shape index (κ1) is 14.0. The Labute approximate surface area is 120 Å². The molecule has 0 saturated carbocycles.